The van der Waals surface area contributed by atoms with Gasteiger partial charge in [0, 0.05) is 26.7 Å². The summed E-state index contributed by atoms with van der Waals surface area (Å²) in [6, 6.07) is 1.33. The van der Waals surface area contributed by atoms with Crippen LogP contribution in [0.4, 0.5) is 11.4 Å². The second kappa shape index (κ2) is 6.76. The number of carbonyl (C=O) groups is 3. The van der Waals surface area contributed by atoms with E-state index in [1.807, 2.05) is 18.7 Å². The molecule has 1 aromatic heterocycles. The predicted molar refractivity (Wildman–Crippen MR) is 87.4 cm³/mol. The van der Waals surface area contributed by atoms with Gasteiger partial charge in [0.15, 0.2) is 0 Å². The molecule has 1 aliphatic rings. The molecule has 1 atom stereocenters. The van der Waals surface area contributed by atoms with Crippen LogP contribution in [0, 0.1) is 0 Å². The summed E-state index contributed by atoms with van der Waals surface area (Å²) in [5.74, 6) is -0.434. The first kappa shape index (κ1) is 16.9. The number of carbonyl (C=O) groups excluding carboxylic acids is 3. The maximum atomic E-state index is 12.1. The third-order valence-corrected chi connectivity index (χ3v) is 4.05. The van der Waals surface area contributed by atoms with Crippen molar-refractivity contribution in [3.63, 3.8) is 0 Å². The van der Waals surface area contributed by atoms with Gasteiger partial charge in [0.1, 0.15) is 6.04 Å². The molecular formula is C16H22N4O3. The molecule has 0 aliphatic carbocycles. The molecule has 124 valence electrons. The zero-order chi connectivity index (χ0) is 17.1. The van der Waals surface area contributed by atoms with Crippen LogP contribution in [-0.2, 0) is 14.4 Å². The molecule has 2 heterocycles. The summed E-state index contributed by atoms with van der Waals surface area (Å²) in [5, 5.41) is 2.36. The molecule has 1 saturated heterocycles. The zero-order valence-corrected chi connectivity index (χ0v) is 13.9. The van der Waals surface area contributed by atoms with Crippen molar-refractivity contribution in [2.24, 2.45) is 0 Å². The normalized spacial score (nSPS) is 17.9. The molecule has 1 aromatic rings. The van der Waals surface area contributed by atoms with Crippen LogP contribution >= 0.6 is 0 Å². The lowest BCUT2D eigenvalue weighted by Crippen LogP contribution is -2.51. The van der Waals surface area contributed by atoms with Crippen LogP contribution in [0.1, 0.15) is 38.3 Å². The lowest BCUT2D eigenvalue weighted by molar-refractivity contribution is -0.134. The van der Waals surface area contributed by atoms with E-state index in [1.54, 1.807) is 26.4 Å². The lowest BCUT2D eigenvalue weighted by Gasteiger charge is -2.34. The van der Waals surface area contributed by atoms with Crippen LogP contribution in [0.2, 0.25) is 0 Å². The number of hydrogen-bond donors (Lipinski definition) is 1. The van der Waals surface area contributed by atoms with Crippen LogP contribution < -0.4 is 15.1 Å². The molecule has 1 aliphatic heterocycles. The molecule has 7 nitrogen and oxygen atoms in total. The highest BCUT2D eigenvalue weighted by atomic mass is 16.2. The van der Waals surface area contributed by atoms with Gasteiger partial charge in [-0.25, -0.2) is 0 Å². The predicted octanol–water partition coefficient (Wildman–Crippen LogP) is 1.04. The second-order valence-electron chi connectivity index (χ2n) is 6.01. The van der Waals surface area contributed by atoms with Gasteiger partial charge in [0.25, 0.3) is 0 Å². The number of anilines is 2. The number of likely N-dealkylation sites (N-methyl/N-ethyl adjacent to an activating group) is 1. The van der Waals surface area contributed by atoms with Gasteiger partial charge in [-0.15, -0.1) is 0 Å². The van der Waals surface area contributed by atoms with Gasteiger partial charge in [-0.3, -0.25) is 24.7 Å². The van der Waals surface area contributed by atoms with Crippen molar-refractivity contribution in [1.29, 1.82) is 0 Å². The van der Waals surface area contributed by atoms with Gasteiger partial charge in [-0.1, -0.05) is 13.8 Å². The van der Waals surface area contributed by atoms with Gasteiger partial charge in [0.05, 0.1) is 17.1 Å². The first-order valence-corrected chi connectivity index (χ1v) is 7.60. The summed E-state index contributed by atoms with van der Waals surface area (Å²) in [4.78, 5) is 42.4. The molecule has 0 radical (unpaired) electrons. The Morgan fingerprint density at radius 2 is 2.04 bits per heavy atom. The molecule has 0 bridgehead atoms. The SMILES string of the molecule is CC(C)c1nccc(N(C)C2CCC(=O)NC2=O)c1N(C)C=O. The maximum Gasteiger partial charge on any atom is 0.249 e. The van der Waals surface area contributed by atoms with E-state index in [2.05, 4.69) is 10.3 Å². The first-order valence-electron chi connectivity index (χ1n) is 7.60. The Kier molecular flexibility index (Phi) is 4.98. The fourth-order valence-corrected chi connectivity index (χ4v) is 2.80. The van der Waals surface area contributed by atoms with E-state index < -0.39 is 6.04 Å². The lowest BCUT2D eigenvalue weighted by atomic mass is 10.0. The van der Waals surface area contributed by atoms with Crippen molar-refractivity contribution < 1.29 is 14.4 Å². The van der Waals surface area contributed by atoms with E-state index in [-0.39, 0.29) is 17.7 Å². The van der Waals surface area contributed by atoms with E-state index in [9.17, 15) is 14.4 Å². The van der Waals surface area contributed by atoms with E-state index >= 15 is 0 Å². The number of pyridine rings is 1. The highest BCUT2D eigenvalue weighted by molar-refractivity contribution is 6.02. The quantitative estimate of drug-likeness (QED) is 0.648. The molecule has 0 spiro atoms. The minimum atomic E-state index is -0.450. The number of aromatic nitrogens is 1. The molecule has 3 amide bonds. The maximum absolute atomic E-state index is 12.1. The van der Waals surface area contributed by atoms with E-state index in [1.165, 1.54) is 4.90 Å². The molecule has 1 N–H and O–H groups in total. The largest absolute Gasteiger partial charge is 0.361 e. The summed E-state index contributed by atoms with van der Waals surface area (Å²) >= 11 is 0. The van der Waals surface area contributed by atoms with Crippen molar-refractivity contribution in [2.75, 3.05) is 23.9 Å². The zero-order valence-electron chi connectivity index (χ0n) is 13.9. The van der Waals surface area contributed by atoms with Gasteiger partial charge in [-0.2, -0.15) is 0 Å². The van der Waals surface area contributed by atoms with Gasteiger partial charge in [-0.05, 0) is 18.4 Å². The van der Waals surface area contributed by atoms with E-state index in [0.717, 1.165) is 17.8 Å². The fraction of sp³-hybridized carbons (Fsp3) is 0.500. The van der Waals surface area contributed by atoms with Gasteiger partial charge < -0.3 is 9.80 Å². The summed E-state index contributed by atoms with van der Waals surface area (Å²) in [6.45, 7) is 4.00. The fourth-order valence-electron chi connectivity index (χ4n) is 2.80. The summed E-state index contributed by atoms with van der Waals surface area (Å²) in [5.41, 5.74) is 2.22. The van der Waals surface area contributed by atoms with Crippen LogP contribution in [0.5, 0.6) is 0 Å². The average molecular weight is 318 g/mol. The van der Waals surface area contributed by atoms with Crippen LogP contribution in [0.15, 0.2) is 12.3 Å². The smallest absolute Gasteiger partial charge is 0.249 e. The highest BCUT2D eigenvalue weighted by Crippen LogP contribution is 2.35. The van der Waals surface area contributed by atoms with Crippen molar-refractivity contribution in [3.05, 3.63) is 18.0 Å². The van der Waals surface area contributed by atoms with Crippen LogP contribution in [0.25, 0.3) is 0 Å². The summed E-state index contributed by atoms with van der Waals surface area (Å²) in [6.07, 6.45) is 3.16. The van der Waals surface area contributed by atoms with Crippen molar-refractivity contribution in [2.45, 2.75) is 38.6 Å². The Labute approximate surface area is 135 Å². The Morgan fingerprint density at radius 3 is 2.61 bits per heavy atom. The standard InChI is InChI=1S/C16H22N4O3/c1-10(2)14-15(19(3)9-21)11(7-8-17-14)20(4)12-5-6-13(22)18-16(12)23/h7-10,12H,5-6H2,1-4H3,(H,18,22,23). The van der Waals surface area contributed by atoms with Gasteiger partial charge >= 0.3 is 0 Å². The number of piperidine rings is 1. The van der Waals surface area contributed by atoms with E-state index in [0.29, 0.717) is 18.5 Å². The first-order chi connectivity index (χ1) is 10.9. The van der Waals surface area contributed by atoms with Crippen molar-refractivity contribution in [3.8, 4) is 0 Å². The number of nitrogens with one attached hydrogen (secondary N) is 1. The molecular weight excluding hydrogens is 296 g/mol. The number of amides is 3. The number of nitrogens with zero attached hydrogens (tertiary/aromatic N) is 3. The molecule has 0 aromatic carbocycles. The Bertz CT molecular complexity index is 630. The Morgan fingerprint density at radius 1 is 1.35 bits per heavy atom. The molecule has 1 fully saturated rings. The van der Waals surface area contributed by atoms with Crippen molar-refractivity contribution >= 4 is 29.6 Å². The monoisotopic (exact) mass is 318 g/mol. The minimum absolute atomic E-state index is 0.127. The number of imide groups is 1. The average Bonchev–Trinajstić information content (AvgIpc) is 2.52. The third kappa shape index (κ3) is 3.33. The summed E-state index contributed by atoms with van der Waals surface area (Å²) in [7, 11) is 3.46. The minimum Gasteiger partial charge on any atom is -0.361 e. The van der Waals surface area contributed by atoms with Crippen molar-refractivity contribution in [1.82, 2.24) is 10.3 Å². The third-order valence-electron chi connectivity index (χ3n) is 4.05. The summed E-state index contributed by atoms with van der Waals surface area (Å²) < 4.78 is 0. The highest BCUT2D eigenvalue weighted by Gasteiger charge is 2.32. The number of rotatable bonds is 5. The van der Waals surface area contributed by atoms with Crippen LogP contribution in [0.3, 0.4) is 0 Å². The molecule has 2 rings (SSSR count). The van der Waals surface area contributed by atoms with E-state index in [4.69, 9.17) is 0 Å². The number of hydrogen-bond acceptors (Lipinski definition) is 5. The van der Waals surface area contributed by atoms with Crippen LogP contribution in [-0.4, -0.2) is 43.3 Å². The molecule has 7 heteroatoms. The topological polar surface area (TPSA) is 82.6 Å². The van der Waals surface area contributed by atoms with Gasteiger partial charge in [0.2, 0.25) is 18.2 Å². The Balaban J connectivity index is 2.45. The second-order valence-corrected chi connectivity index (χ2v) is 6.01. The molecule has 0 saturated carbocycles. The molecule has 1 unspecified atom stereocenters. The molecule has 23 heavy (non-hydrogen) atoms. The Hall–Kier alpha value is -2.44.